The van der Waals surface area contributed by atoms with Crippen LogP contribution in [-0.4, -0.2) is 22.4 Å². The normalized spacial score (nSPS) is 16.2. The third kappa shape index (κ3) is 4.34. The molecule has 0 saturated carbocycles. The molecule has 1 amide bonds. The molecule has 1 unspecified atom stereocenters. The molecule has 0 saturated heterocycles. The molecule has 0 radical (unpaired) electrons. The Labute approximate surface area is 195 Å². The Morgan fingerprint density at radius 2 is 1.26 bits per heavy atom. The maximum absolute atomic E-state index is 13.6. The van der Waals surface area contributed by atoms with Gasteiger partial charge in [-0.05, 0) is 42.8 Å². The van der Waals surface area contributed by atoms with Crippen LogP contribution in [0.1, 0.15) is 19.8 Å². The van der Waals surface area contributed by atoms with Gasteiger partial charge in [-0.3, -0.25) is 4.79 Å². The van der Waals surface area contributed by atoms with Crippen LogP contribution in [0, 0.1) is 0 Å². The summed E-state index contributed by atoms with van der Waals surface area (Å²) in [5.41, 5.74) is -0.527. The molecule has 3 aromatic carbocycles. The van der Waals surface area contributed by atoms with Crippen LogP contribution in [0.5, 0.6) is 0 Å². The zero-order chi connectivity index (χ0) is 21.0. The molecule has 0 bridgehead atoms. The number of amides is 1. The lowest BCUT2D eigenvalue weighted by atomic mass is 10.2. The molecule has 1 N–H and O–H groups in total. The minimum atomic E-state index is -2.45. The molecular formula is C25H24ClN2OPS. The Hall–Kier alpha value is -2.39. The summed E-state index contributed by atoms with van der Waals surface area (Å²) in [4.78, 5) is 18.8. The van der Waals surface area contributed by atoms with Gasteiger partial charge in [0.1, 0.15) is 29.0 Å². The summed E-state index contributed by atoms with van der Waals surface area (Å²) in [5, 5.41) is 6.44. The van der Waals surface area contributed by atoms with Crippen molar-refractivity contribution < 1.29 is 17.2 Å². The first kappa shape index (κ1) is 23.3. The van der Waals surface area contributed by atoms with Crippen molar-refractivity contribution in [2.24, 2.45) is 4.99 Å². The van der Waals surface area contributed by atoms with Crippen molar-refractivity contribution in [3.8, 4) is 0 Å². The smallest absolute Gasteiger partial charge is 0.274 e. The minimum absolute atomic E-state index is 0. The van der Waals surface area contributed by atoms with Gasteiger partial charge in [-0.15, -0.1) is 0 Å². The van der Waals surface area contributed by atoms with Crippen molar-refractivity contribution in [2.75, 3.05) is 0 Å². The summed E-state index contributed by atoms with van der Waals surface area (Å²) in [6, 6.07) is 30.9. The number of thiocarbonyl (C=S) groups is 1. The Kier molecular flexibility index (Phi) is 7.72. The summed E-state index contributed by atoms with van der Waals surface area (Å²) in [6.07, 6.45) is 1.62. The van der Waals surface area contributed by atoms with Gasteiger partial charge in [0.25, 0.3) is 5.91 Å². The first-order chi connectivity index (χ1) is 14.7. The van der Waals surface area contributed by atoms with Crippen molar-refractivity contribution in [3.05, 3.63) is 91.0 Å². The molecule has 4 rings (SSSR count). The average molecular weight is 467 g/mol. The van der Waals surface area contributed by atoms with Crippen molar-refractivity contribution in [1.82, 2.24) is 5.32 Å². The lowest BCUT2D eigenvalue weighted by molar-refractivity contribution is -0.118. The van der Waals surface area contributed by atoms with Gasteiger partial charge in [-0.2, -0.15) is 0 Å². The predicted molar refractivity (Wildman–Crippen MR) is 132 cm³/mol. The number of carbonyl (C=O) groups is 1. The SMILES string of the molecule is CCCC1=NC(=S)C([P+](c2ccccc2)(c2ccccc2)c2ccccc2)C(=O)N1.[Cl-]. The van der Waals surface area contributed by atoms with Gasteiger partial charge in [-0.1, -0.05) is 73.7 Å². The molecular weight excluding hydrogens is 443 g/mol. The number of aliphatic imine (C=N–C) groups is 1. The Bertz CT molecular complexity index is 978. The highest BCUT2D eigenvalue weighted by Crippen LogP contribution is 2.60. The van der Waals surface area contributed by atoms with E-state index in [2.05, 4.69) is 48.6 Å². The molecule has 0 aliphatic carbocycles. The number of nitrogens with zero attached hydrogens (tertiary/aromatic N) is 1. The summed E-state index contributed by atoms with van der Waals surface area (Å²) in [7, 11) is -2.45. The first-order valence-corrected chi connectivity index (χ1v) is 12.4. The van der Waals surface area contributed by atoms with E-state index in [1.807, 2.05) is 54.6 Å². The largest absolute Gasteiger partial charge is 1.00 e. The third-order valence-corrected chi connectivity index (χ3v) is 10.5. The standard InChI is InChI=1S/C25H23N2OPS.ClH/c1-2-12-22-26-24(28)23(25(30)27-22)29(19-13-6-3-7-14-19,20-15-8-4-9-16-20)21-17-10-5-11-18-21;/h3-11,13-18,23H,2,12H2,1H3;1H. The number of amidine groups is 1. The summed E-state index contributed by atoms with van der Waals surface area (Å²) >= 11 is 5.82. The monoisotopic (exact) mass is 466 g/mol. The highest BCUT2D eigenvalue weighted by molar-refractivity contribution is 7.98. The summed E-state index contributed by atoms with van der Waals surface area (Å²) in [6.45, 7) is 2.07. The minimum Gasteiger partial charge on any atom is -1.00 e. The van der Waals surface area contributed by atoms with E-state index in [0.717, 1.165) is 22.3 Å². The van der Waals surface area contributed by atoms with Crippen LogP contribution < -0.4 is 33.6 Å². The fourth-order valence-electron chi connectivity index (χ4n) is 4.13. The topological polar surface area (TPSA) is 41.5 Å². The van der Waals surface area contributed by atoms with Crippen LogP contribution in [0.15, 0.2) is 96.0 Å². The lowest BCUT2D eigenvalue weighted by Gasteiger charge is -2.35. The molecule has 3 aromatic rings. The van der Waals surface area contributed by atoms with E-state index in [0.29, 0.717) is 17.2 Å². The Morgan fingerprint density at radius 1 is 0.839 bits per heavy atom. The number of halogens is 1. The van der Waals surface area contributed by atoms with Crippen LogP contribution in [0.25, 0.3) is 0 Å². The first-order valence-electron chi connectivity index (χ1n) is 10.2. The number of hydrogen-bond acceptors (Lipinski definition) is 2. The number of carbonyl (C=O) groups excluding carboxylic acids is 1. The molecule has 1 aliphatic rings. The van der Waals surface area contributed by atoms with Gasteiger partial charge in [0, 0.05) is 6.42 Å². The van der Waals surface area contributed by atoms with E-state index in [4.69, 9.17) is 17.2 Å². The van der Waals surface area contributed by atoms with Crippen LogP contribution in [0.4, 0.5) is 0 Å². The van der Waals surface area contributed by atoms with Gasteiger partial charge in [0.05, 0.1) is 0 Å². The fourth-order valence-corrected chi connectivity index (χ4v) is 9.34. The Morgan fingerprint density at radius 3 is 1.61 bits per heavy atom. The van der Waals surface area contributed by atoms with E-state index < -0.39 is 12.9 Å². The van der Waals surface area contributed by atoms with Crippen molar-refractivity contribution >= 4 is 52.1 Å². The van der Waals surface area contributed by atoms with E-state index >= 15 is 0 Å². The molecule has 6 heteroatoms. The van der Waals surface area contributed by atoms with Gasteiger partial charge in [-0.25, -0.2) is 4.99 Å². The number of rotatable bonds is 6. The molecule has 158 valence electrons. The number of nitrogens with one attached hydrogen (secondary N) is 1. The van der Waals surface area contributed by atoms with Crippen LogP contribution in [-0.2, 0) is 4.79 Å². The molecule has 0 aromatic heterocycles. The molecule has 1 atom stereocenters. The van der Waals surface area contributed by atoms with E-state index in [1.165, 1.54) is 0 Å². The van der Waals surface area contributed by atoms with Crippen molar-refractivity contribution in [3.63, 3.8) is 0 Å². The summed E-state index contributed by atoms with van der Waals surface area (Å²) < 4.78 is 0. The van der Waals surface area contributed by atoms with Crippen LogP contribution in [0.2, 0.25) is 0 Å². The van der Waals surface area contributed by atoms with E-state index in [9.17, 15) is 4.79 Å². The van der Waals surface area contributed by atoms with Crippen molar-refractivity contribution in [1.29, 1.82) is 0 Å². The van der Waals surface area contributed by atoms with E-state index in [1.54, 1.807) is 0 Å². The Balaban J connectivity index is 0.00000272. The molecule has 31 heavy (non-hydrogen) atoms. The zero-order valence-corrected chi connectivity index (χ0v) is 19.7. The molecule has 1 heterocycles. The van der Waals surface area contributed by atoms with Crippen molar-refractivity contribution in [2.45, 2.75) is 25.4 Å². The number of benzene rings is 3. The quantitative estimate of drug-likeness (QED) is 0.435. The number of hydrogen-bond donors (Lipinski definition) is 1. The molecule has 0 fully saturated rings. The van der Waals surface area contributed by atoms with Crippen LogP contribution >= 0.6 is 19.5 Å². The highest BCUT2D eigenvalue weighted by atomic mass is 35.5. The summed E-state index contributed by atoms with van der Waals surface area (Å²) in [5.74, 6) is 0.624. The second-order valence-electron chi connectivity index (χ2n) is 7.27. The highest BCUT2D eigenvalue weighted by Gasteiger charge is 2.58. The van der Waals surface area contributed by atoms with Crippen LogP contribution in [0.3, 0.4) is 0 Å². The van der Waals surface area contributed by atoms with E-state index in [-0.39, 0.29) is 18.3 Å². The second kappa shape index (κ2) is 10.3. The average Bonchev–Trinajstić information content (AvgIpc) is 2.78. The molecule has 1 aliphatic heterocycles. The predicted octanol–water partition coefficient (Wildman–Crippen LogP) is 1.01. The second-order valence-corrected chi connectivity index (χ2v) is 11.2. The maximum atomic E-state index is 13.6. The van der Waals surface area contributed by atoms with Gasteiger partial charge in [0.15, 0.2) is 4.99 Å². The maximum Gasteiger partial charge on any atom is 0.274 e. The van der Waals surface area contributed by atoms with Gasteiger partial charge < -0.3 is 17.7 Å². The zero-order valence-electron chi connectivity index (χ0n) is 17.2. The van der Waals surface area contributed by atoms with Gasteiger partial charge >= 0.3 is 0 Å². The molecule has 3 nitrogen and oxygen atoms in total. The fraction of sp³-hybridized carbons (Fsp3) is 0.160. The third-order valence-electron chi connectivity index (χ3n) is 5.36. The molecule has 0 spiro atoms. The van der Waals surface area contributed by atoms with Gasteiger partial charge in [0.2, 0.25) is 5.66 Å². The lowest BCUT2D eigenvalue weighted by Crippen LogP contribution is -3.00.